The fourth-order valence-corrected chi connectivity index (χ4v) is 4.65. The molecule has 0 spiro atoms. The number of hydrogen-bond acceptors (Lipinski definition) is 5. The molecule has 5 heteroatoms. The van der Waals surface area contributed by atoms with Gasteiger partial charge in [-0.2, -0.15) is 0 Å². The monoisotopic (exact) mass is 382 g/mol. The van der Waals surface area contributed by atoms with E-state index in [1.54, 1.807) is 12.3 Å². The van der Waals surface area contributed by atoms with Crippen molar-refractivity contribution in [1.29, 1.82) is 0 Å². The Bertz CT molecular complexity index is 959. The van der Waals surface area contributed by atoms with Crippen molar-refractivity contribution >= 4 is 0 Å². The van der Waals surface area contributed by atoms with Crippen LogP contribution in [0, 0.1) is 11.3 Å². The molecular weight excluding hydrogens is 356 g/mol. The van der Waals surface area contributed by atoms with E-state index in [1.165, 1.54) is 0 Å². The minimum absolute atomic E-state index is 0.00352. The molecule has 0 amide bonds. The summed E-state index contributed by atoms with van der Waals surface area (Å²) in [4.78, 5) is 12.9. The van der Waals surface area contributed by atoms with Crippen molar-refractivity contribution in [2.45, 2.75) is 63.9 Å². The fraction of sp³-hybridized carbons (Fsp3) is 0.522. The molecule has 1 atom stereocenters. The first-order valence-corrected chi connectivity index (χ1v) is 10.2. The van der Waals surface area contributed by atoms with E-state index in [4.69, 9.17) is 13.6 Å². The summed E-state index contributed by atoms with van der Waals surface area (Å²) in [5, 5.41) is 10.8. The molecule has 2 aromatic rings. The lowest BCUT2D eigenvalue weighted by molar-refractivity contribution is 0.00460. The molecule has 0 bridgehead atoms. The van der Waals surface area contributed by atoms with Crippen LogP contribution in [0.2, 0.25) is 0 Å². The van der Waals surface area contributed by atoms with Crippen LogP contribution in [0.3, 0.4) is 0 Å². The molecule has 3 heterocycles. The van der Waals surface area contributed by atoms with Gasteiger partial charge in [0.05, 0.1) is 12.0 Å². The predicted molar refractivity (Wildman–Crippen MR) is 103 cm³/mol. The van der Waals surface area contributed by atoms with Crippen molar-refractivity contribution in [2.24, 2.45) is 11.3 Å². The molecule has 2 fully saturated rings. The first kappa shape index (κ1) is 17.7. The molecular formula is C23H26O5. The summed E-state index contributed by atoms with van der Waals surface area (Å²) >= 11 is 0. The molecule has 1 unspecified atom stereocenters. The van der Waals surface area contributed by atoms with Gasteiger partial charge in [0.1, 0.15) is 28.4 Å². The van der Waals surface area contributed by atoms with Gasteiger partial charge in [0.15, 0.2) is 0 Å². The highest BCUT2D eigenvalue weighted by Gasteiger charge is 2.47. The number of ether oxygens (including phenoxy) is 1. The van der Waals surface area contributed by atoms with E-state index in [1.807, 2.05) is 25.1 Å². The molecule has 3 aliphatic rings. The van der Waals surface area contributed by atoms with Crippen LogP contribution in [-0.4, -0.2) is 5.11 Å². The first-order chi connectivity index (χ1) is 13.5. The zero-order chi connectivity index (χ0) is 19.4. The largest absolute Gasteiger partial charge is 0.507 e. The van der Waals surface area contributed by atoms with Gasteiger partial charge in [-0.1, -0.05) is 12.8 Å². The van der Waals surface area contributed by atoms with Crippen LogP contribution in [0.4, 0.5) is 0 Å². The third-order valence-corrected chi connectivity index (χ3v) is 6.46. The van der Waals surface area contributed by atoms with E-state index in [0.29, 0.717) is 24.5 Å². The molecule has 2 aliphatic carbocycles. The zero-order valence-electron chi connectivity index (χ0n) is 16.2. The van der Waals surface area contributed by atoms with Crippen LogP contribution < -0.4 is 5.63 Å². The second kappa shape index (κ2) is 6.29. The minimum atomic E-state index is -0.778. The second-order valence-corrected chi connectivity index (χ2v) is 8.96. The van der Waals surface area contributed by atoms with Crippen molar-refractivity contribution < 1.29 is 18.7 Å². The average Bonchev–Trinajstić information content (AvgIpc) is 3.49. The summed E-state index contributed by atoms with van der Waals surface area (Å²) < 4.78 is 17.3. The highest BCUT2D eigenvalue weighted by molar-refractivity contribution is 5.38. The Hall–Kier alpha value is -2.43. The minimum Gasteiger partial charge on any atom is -0.507 e. The maximum absolute atomic E-state index is 12.9. The lowest BCUT2D eigenvalue weighted by Gasteiger charge is -2.30. The topological polar surface area (TPSA) is 72.8 Å². The van der Waals surface area contributed by atoms with Crippen molar-refractivity contribution in [3.05, 3.63) is 63.8 Å². The van der Waals surface area contributed by atoms with Crippen molar-refractivity contribution in [1.82, 2.24) is 0 Å². The van der Waals surface area contributed by atoms with E-state index in [-0.39, 0.29) is 16.7 Å². The third kappa shape index (κ3) is 3.27. The van der Waals surface area contributed by atoms with E-state index >= 15 is 0 Å². The van der Waals surface area contributed by atoms with Crippen LogP contribution in [0.5, 0.6) is 5.75 Å². The van der Waals surface area contributed by atoms with Gasteiger partial charge in [-0.3, -0.25) is 0 Å². The lowest BCUT2D eigenvalue weighted by Crippen LogP contribution is -2.32. The Kier molecular flexibility index (Phi) is 3.97. The second-order valence-electron chi connectivity index (χ2n) is 8.96. The molecule has 5 nitrogen and oxygen atoms in total. The van der Waals surface area contributed by atoms with Crippen LogP contribution in [0.1, 0.15) is 62.5 Å². The van der Waals surface area contributed by atoms with Gasteiger partial charge in [-0.25, -0.2) is 4.79 Å². The summed E-state index contributed by atoms with van der Waals surface area (Å²) in [7, 11) is 0. The van der Waals surface area contributed by atoms with Crippen LogP contribution in [0.25, 0.3) is 0 Å². The van der Waals surface area contributed by atoms with Crippen LogP contribution in [-0.2, 0) is 23.2 Å². The van der Waals surface area contributed by atoms with Crippen molar-refractivity contribution in [2.75, 3.05) is 0 Å². The average molecular weight is 382 g/mol. The number of aromatic hydroxyl groups is 1. The standard InChI is InChI=1S/C23H26O5/c1-15-6-7-23(28-15,12-16-4-5-16)20-19(24)11-18(27-21(20)25)14-22(8-9-22)13-17-3-2-10-26-17/h2-3,6,10-11,16,24H,4-5,7-9,12-14H2,1H3. The Labute approximate surface area is 164 Å². The summed E-state index contributed by atoms with van der Waals surface area (Å²) in [6.45, 7) is 1.90. The number of allylic oxidation sites excluding steroid dienone is 1. The molecule has 2 saturated carbocycles. The zero-order valence-corrected chi connectivity index (χ0v) is 16.2. The Balaban J connectivity index is 1.42. The number of furan rings is 1. The predicted octanol–water partition coefficient (Wildman–Crippen LogP) is 4.82. The molecule has 5 rings (SSSR count). The van der Waals surface area contributed by atoms with E-state index in [0.717, 1.165) is 50.0 Å². The number of hydrogen-bond donors (Lipinski definition) is 1. The molecule has 0 saturated heterocycles. The first-order valence-electron chi connectivity index (χ1n) is 10.2. The maximum Gasteiger partial charge on any atom is 0.346 e. The van der Waals surface area contributed by atoms with Gasteiger partial charge in [0.2, 0.25) is 0 Å². The molecule has 0 radical (unpaired) electrons. The highest BCUT2D eigenvalue weighted by Crippen LogP contribution is 2.52. The smallest absolute Gasteiger partial charge is 0.346 e. The van der Waals surface area contributed by atoms with Gasteiger partial charge in [-0.05, 0) is 55.7 Å². The summed E-state index contributed by atoms with van der Waals surface area (Å²) in [6, 6.07) is 5.50. The molecule has 148 valence electrons. The van der Waals surface area contributed by atoms with Crippen LogP contribution >= 0.6 is 0 Å². The molecule has 0 aromatic carbocycles. The van der Waals surface area contributed by atoms with Gasteiger partial charge < -0.3 is 18.7 Å². The van der Waals surface area contributed by atoms with Crippen molar-refractivity contribution in [3.63, 3.8) is 0 Å². The normalized spacial score (nSPS) is 25.4. The van der Waals surface area contributed by atoms with Gasteiger partial charge in [-0.15, -0.1) is 0 Å². The van der Waals surface area contributed by atoms with Gasteiger partial charge in [0, 0.05) is 25.3 Å². The molecule has 28 heavy (non-hydrogen) atoms. The summed E-state index contributed by atoms with van der Waals surface area (Å²) in [5.41, 5.74) is -0.894. The Morgan fingerprint density at radius 1 is 1.21 bits per heavy atom. The van der Waals surface area contributed by atoms with E-state index < -0.39 is 11.2 Å². The van der Waals surface area contributed by atoms with Gasteiger partial charge >= 0.3 is 5.63 Å². The maximum atomic E-state index is 12.9. The molecule has 2 aromatic heterocycles. The Morgan fingerprint density at radius 3 is 2.57 bits per heavy atom. The van der Waals surface area contributed by atoms with Crippen LogP contribution in [0.15, 0.2) is 49.9 Å². The summed E-state index contributed by atoms with van der Waals surface area (Å²) in [5.74, 6) is 2.85. The summed E-state index contributed by atoms with van der Waals surface area (Å²) in [6.07, 6.45) is 10.9. The van der Waals surface area contributed by atoms with E-state index in [9.17, 15) is 9.90 Å². The third-order valence-electron chi connectivity index (χ3n) is 6.46. The molecule has 1 aliphatic heterocycles. The van der Waals surface area contributed by atoms with Crippen molar-refractivity contribution in [3.8, 4) is 5.75 Å². The molecule has 1 N–H and O–H groups in total. The fourth-order valence-electron chi connectivity index (χ4n) is 4.65. The lowest BCUT2D eigenvalue weighted by atomic mass is 9.86. The van der Waals surface area contributed by atoms with Gasteiger partial charge in [0.25, 0.3) is 0 Å². The number of rotatable bonds is 7. The SMILES string of the molecule is CC1=CCC(CC2CC2)(c2c(O)cc(CC3(Cc4ccco4)CC3)oc2=O)O1. The quantitative estimate of drug-likeness (QED) is 0.743. The van der Waals surface area contributed by atoms with E-state index in [2.05, 4.69) is 0 Å². The Morgan fingerprint density at radius 2 is 2.00 bits per heavy atom. The highest BCUT2D eigenvalue weighted by atomic mass is 16.5.